The first-order chi connectivity index (χ1) is 8.18. The van der Waals surface area contributed by atoms with E-state index in [4.69, 9.17) is 4.74 Å². The smallest absolute Gasteiger partial charge is 0.159 e. The van der Waals surface area contributed by atoms with Crippen molar-refractivity contribution in [3.63, 3.8) is 0 Å². The van der Waals surface area contributed by atoms with Gasteiger partial charge in [0.05, 0.1) is 12.7 Å². The molecule has 0 radical (unpaired) electrons. The van der Waals surface area contributed by atoms with E-state index < -0.39 is 6.10 Å². The fourth-order valence-electron chi connectivity index (χ4n) is 2.23. The highest BCUT2D eigenvalue weighted by Gasteiger charge is 2.23. The van der Waals surface area contributed by atoms with Gasteiger partial charge in [-0.15, -0.1) is 0 Å². The highest BCUT2D eigenvalue weighted by atomic mass is 16.5. The van der Waals surface area contributed by atoms with Gasteiger partial charge in [0.15, 0.2) is 5.78 Å². The van der Waals surface area contributed by atoms with Crippen LogP contribution in [0.1, 0.15) is 41.8 Å². The Morgan fingerprint density at radius 3 is 3.00 bits per heavy atom. The highest BCUT2D eigenvalue weighted by molar-refractivity contribution is 5.94. The number of aliphatic hydroxyl groups is 1. The van der Waals surface area contributed by atoms with E-state index in [0.717, 1.165) is 25.0 Å². The van der Waals surface area contributed by atoms with Crippen molar-refractivity contribution in [3.05, 3.63) is 35.4 Å². The maximum absolute atomic E-state index is 11.3. The lowest BCUT2D eigenvalue weighted by molar-refractivity contribution is -0.00997. The second-order valence-corrected chi connectivity index (χ2v) is 4.60. The minimum absolute atomic E-state index is 0.0268. The van der Waals surface area contributed by atoms with Gasteiger partial charge >= 0.3 is 0 Å². The Balaban J connectivity index is 2.14. The number of rotatable bonds is 3. The summed E-state index contributed by atoms with van der Waals surface area (Å²) >= 11 is 0. The number of ketones is 1. The van der Waals surface area contributed by atoms with Gasteiger partial charge in [0.2, 0.25) is 0 Å². The van der Waals surface area contributed by atoms with Crippen molar-refractivity contribution in [1.29, 1.82) is 0 Å². The Morgan fingerprint density at radius 1 is 1.53 bits per heavy atom. The van der Waals surface area contributed by atoms with Crippen LogP contribution in [0.2, 0.25) is 0 Å². The molecule has 0 spiro atoms. The van der Waals surface area contributed by atoms with Crippen molar-refractivity contribution >= 4 is 5.78 Å². The molecule has 1 aliphatic rings. The minimum atomic E-state index is -0.533. The van der Waals surface area contributed by atoms with E-state index >= 15 is 0 Å². The highest BCUT2D eigenvalue weighted by Crippen LogP contribution is 2.29. The van der Waals surface area contributed by atoms with Gasteiger partial charge in [-0.1, -0.05) is 18.2 Å². The van der Waals surface area contributed by atoms with Crippen molar-refractivity contribution in [2.75, 3.05) is 13.2 Å². The van der Waals surface area contributed by atoms with Crippen molar-refractivity contribution in [1.82, 2.24) is 0 Å². The van der Waals surface area contributed by atoms with Gasteiger partial charge in [0.1, 0.15) is 0 Å². The van der Waals surface area contributed by atoms with E-state index in [2.05, 4.69) is 0 Å². The summed E-state index contributed by atoms with van der Waals surface area (Å²) in [6.07, 6.45) is 1.44. The Hall–Kier alpha value is -1.19. The molecule has 1 heterocycles. The molecule has 1 aromatic rings. The van der Waals surface area contributed by atoms with Crippen molar-refractivity contribution < 1.29 is 14.6 Å². The summed E-state index contributed by atoms with van der Waals surface area (Å²) in [5.74, 6) is 0.171. The van der Waals surface area contributed by atoms with Crippen molar-refractivity contribution in [2.24, 2.45) is 5.92 Å². The molecular formula is C14H18O3. The zero-order valence-corrected chi connectivity index (χ0v) is 10.1. The van der Waals surface area contributed by atoms with Crippen LogP contribution in [0, 0.1) is 5.92 Å². The zero-order chi connectivity index (χ0) is 12.3. The number of carbonyl (C=O) groups excluding carboxylic acids is 1. The minimum Gasteiger partial charge on any atom is -0.388 e. The van der Waals surface area contributed by atoms with Crippen LogP contribution in [0.25, 0.3) is 0 Å². The molecular weight excluding hydrogens is 216 g/mol. The first kappa shape index (κ1) is 12.3. The molecule has 3 nitrogen and oxygen atoms in total. The van der Waals surface area contributed by atoms with Crippen LogP contribution >= 0.6 is 0 Å². The number of benzene rings is 1. The van der Waals surface area contributed by atoms with Gasteiger partial charge < -0.3 is 9.84 Å². The van der Waals surface area contributed by atoms with Crippen LogP contribution in [-0.4, -0.2) is 24.1 Å². The zero-order valence-electron chi connectivity index (χ0n) is 10.1. The molecule has 1 saturated heterocycles. The lowest BCUT2D eigenvalue weighted by Crippen LogP contribution is -2.23. The fourth-order valence-corrected chi connectivity index (χ4v) is 2.23. The molecule has 0 aliphatic carbocycles. The first-order valence-electron chi connectivity index (χ1n) is 6.05. The largest absolute Gasteiger partial charge is 0.388 e. The molecule has 0 aromatic heterocycles. The quantitative estimate of drug-likeness (QED) is 0.817. The third kappa shape index (κ3) is 2.93. The molecule has 3 heteroatoms. The normalized spacial score (nSPS) is 22.1. The molecule has 1 aliphatic heterocycles. The van der Waals surface area contributed by atoms with Crippen LogP contribution in [0.5, 0.6) is 0 Å². The maximum Gasteiger partial charge on any atom is 0.159 e. The second kappa shape index (κ2) is 5.43. The topological polar surface area (TPSA) is 46.5 Å². The number of hydrogen-bond donors (Lipinski definition) is 1. The van der Waals surface area contributed by atoms with Gasteiger partial charge in [-0.25, -0.2) is 0 Å². The summed E-state index contributed by atoms with van der Waals surface area (Å²) in [4.78, 5) is 11.3. The molecule has 0 bridgehead atoms. The summed E-state index contributed by atoms with van der Waals surface area (Å²) in [6.45, 7) is 2.93. The third-order valence-electron chi connectivity index (χ3n) is 3.28. The van der Waals surface area contributed by atoms with Gasteiger partial charge in [-0.2, -0.15) is 0 Å². The average Bonchev–Trinajstić information content (AvgIpc) is 2.39. The lowest BCUT2D eigenvalue weighted by Gasteiger charge is -2.27. The van der Waals surface area contributed by atoms with E-state index in [1.807, 2.05) is 12.1 Å². The standard InChI is InChI=1S/C14H18O3/c1-10(15)11-4-2-5-12(8-11)14(16)13-6-3-7-17-9-13/h2,4-5,8,13-14,16H,3,6-7,9H2,1H3. The second-order valence-electron chi connectivity index (χ2n) is 4.60. The molecule has 92 valence electrons. The molecule has 0 amide bonds. The summed E-state index contributed by atoms with van der Waals surface area (Å²) in [7, 11) is 0. The van der Waals surface area contributed by atoms with E-state index in [-0.39, 0.29) is 11.7 Å². The number of carbonyl (C=O) groups is 1. The molecule has 2 unspecified atom stereocenters. The van der Waals surface area contributed by atoms with E-state index in [1.54, 1.807) is 12.1 Å². The average molecular weight is 234 g/mol. The Morgan fingerprint density at radius 2 is 2.35 bits per heavy atom. The van der Waals surface area contributed by atoms with Gasteiger partial charge in [-0.05, 0) is 31.4 Å². The van der Waals surface area contributed by atoms with Crippen LogP contribution < -0.4 is 0 Å². The fraction of sp³-hybridized carbons (Fsp3) is 0.500. The molecule has 1 aromatic carbocycles. The monoisotopic (exact) mass is 234 g/mol. The molecule has 2 atom stereocenters. The van der Waals surface area contributed by atoms with Crippen LogP contribution in [0.4, 0.5) is 0 Å². The number of hydrogen-bond acceptors (Lipinski definition) is 3. The van der Waals surface area contributed by atoms with E-state index in [9.17, 15) is 9.90 Å². The predicted octanol–water partition coefficient (Wildman–Crippen LogP) is 2.35. The van der Waals surface area contributed by atoms with Crippen LogP contribution in [0.3, 0.4) is 0 Å². The molecule has 2 rings (SSSR count). The Kier molecular flexibility index (Phi) is 3.92. The number of Topliss-reactive ketones (excluding diaryl/α,β-unsaturated/α-hetero) is 1. The summed E-state index contributed by atoms with van der Waals surface area (Å²) in [5.41, 5.74) is 1.46. The van der Waals surface area contributed by atoms with Crippen molar-refractivity contribution in [3.8, 4) is 0 Å². The van der Waals surface area contributed by atoms with Gasteiger partial charge in [-0.3, -0.25) is 4.79 Å². The predicted molar refractivity (Wildman–Crippen MR) is 64.9 cm³/mol. The summed E-state index contributed by atoms with van der Waals surface area (Å²) in [6, 6.07) is 7.24. The van der Waals surface area contributed by atoms with E-state index in [0.29, 0.717) is 12.2 Å². The van der Waals surface area contributed by atoms with Gasteiger partial charge in [0, 0.05) is 18.1 Å². The molecule has 1 fully saturated rings. The SMILES string of the molecule is CC(=O)c1cccc(C(O)C2CCCOC2)c1. The van der Waals surface area contributed by atoms with Crippen LogP contribution in [0.15, 0.2) is 24.3 Å². The van der Waals surface area contributed by atoms with Crippen LogP contribution in [-0.2, 0) is 4.74 Å². The van der Waals surface area contributed by atoms with Gasteiger partial charge in [0.25, 0.3) is 0 Å². The molecule has 17 heavy (non-hydrogen) atoms. The number of aliphatic hydroxyl groups excluding tert-OH is 1. The Labute approximate surface area is 101 Å². The first-order valence-corrected chi connectivity index (χ1v) is 6.05. The summed E-state index contributed by atoms with van der Waals surface area (Å²) in [5, 5.41) is 10.3. The third-order valence-corrected chi connectivity index (χ3v) is 3.28. The lowest BCUT2D eigenvalue weighted by atomic mass is 9.90. The van der Waals surface area contributed by atoms with Crippen molar-refractivity contribution in [2.45, 2.75) is 25.9 Å². The maximum atomic E-state index is 11.3. The molecule has 0 saturated carbocycles. The molecule has 1 N–H and O–H groups in total. The number of ether oxygens (including phenoxy) is 1. The Bertz CT molecular complexity index is 394. The summed E-state index contributed by atoms with van der Waals surface area (Å²) < 4.78 is 5.38. The van der Waals surface area contributed by atoms with E-state index in [1.165, 1.54) is 6.92 Å².